The van der Waals surface area contributed by atoms with Crippen LogP contribution in [-0.2, 0) is 11.3 Å². The highest BCUT2D eigenvalue weighted by Gasteiger charge is 2.22. The molecule has 0 aliphatic heterocycles. The SMILES string of the molecule is CCOC(=O)c1sc2cccc(F)c2c1CNc1cc(C(=O)NC)ccc1Cl. The number of carbonyl (C=O) groups is 2. The minimum absolute atomic E-state index is 0.145. The standard InChI is InChI=1S/C20H18ClFN2O3S/c1-3-27-20(26)18-12(17-14(22)5-4-6-16(17)28-18)10-24-15-9-11(19(25)23-2)7-8-13(15)21/h4-9,24H,3,10H2,1-2H3,(H,23,25). The first kappa shape index (κ1) is 20.1. The second-order valence-electron chi connectivity index (χ2n) is 5.87. The van der Waals surface area contributed by atoms with E-state index >= 15 is 0 Å². The Hall–Kier alpha value is -2.64. The molecule has 1 aromatic heterocycles. The van der Waals surface area contributed by atoms with Gasteiger partial charge in [0.1, 0.15) is 10.7 Å². The van der Waals surface area contributed by atoms with E-state index < -0.39 is 11.8 Å². The van der Waals surface area contributed by atoms with Gasteiger partial charge in [-0.2, -0.15) is 0 Å². The number of hydrogen-bond acceptors (Lipinski definition) is 5. The Morgan fingerprint density at radius 1 is 1.25 bits per heavy atom. The second kappa shape index (κ2) is 8.58. The van der Waals surface area contributed by atoms with E-state index in [-0.39, 0.29) is 19.1 Å². The normalized spacial score (nSPS) is 10.7. The summed E-state index contributed by atoms with van der Waals surface area (Å²) in [5, 5.41) is 6.44. The molecule has 0 unspecified atom stereocenters. The molecule has 0 radical (unpaired) electrons. The molecule has 146 valence electrons. The Kier molecular flexibility index (Phi) is 6.16. The molecule has 1 heterocycles. The van der Waals surface area contributed by atoms with Crippen LogP contribution in [0.1, 0.15) is 32.5 Å². The summed E-state index contributed by atoms with van der Waals surface area (Å²) in [6.07, 6.45) is 0. The Morgan fingerprint density at radius 3 is 2.75 bits per heavy atom. The molecule has 3 rings (SSSR count). The van der Waals surface area contributed by atoms with Crippen molar-refractivity contribution in [2.75, 3.05) is 19.0 Å². The number of halogens is 2. The van der Waals surface area contributed by atoms with Gasteiger partial charge < -0.3 is 15.4 Å². The average molecular weight is 421 g/mol. The first-order valence-corrected chi connectivity index (χ1v) is 9.78. The highest BCUT2D eigenvalue weighted by molar-refractivity contribution is 7.21. The van der Waals surface area contributed by atoms with Crippen molar-refractivity contribution in [3.63, 3.8) is 0 Å². The summed E-state index contributed by atoms with van der Waals surface area (Å²) >= 11 is 7.41. The number of fused-ring (bicyclic) bond motifs is 1. The van der Waals surface area contributed by atoms with Crippen LogP contribution in [-0.4, -0.2) is 25.5 Å². The monoisotopic (exact) mass is 420 g/mol. The molecule has 28 heavy (non-hydrogen) atoms. The van der Waals surface area contributed by atoms with E-state index in [0.29, 0.717) is 36.8 Å². The number of rotatable bonds is 6. The van der Waals surface area contributed by atoms with Crippen LogP contribution in [0.15, 0.2) is 36.4 Å². The molecule has 2 aromatic carbocycles. The first-order chi connectivity index (χ1) is 13.5. The first-order valence-electron chi connectivity index (χ1n) is 8.58. The Balaban J connectivity index is 1.99. The molecule has 0 fully saturated rings. The third kappa shape index (κ3) is 3.95. The van der Waals surface area contributed by atoms with E-state index in [4.69, 9.17) is 16.3 Å². The van der Waals surface area contributed by atoms with Crippen molar-refractivity contribution in [1.29, 1.82) is 0 Å². The lowest BCUT2D eigenvalue weighted by Gasteiger charge is -2.11. The summed E-state index contributed by atoms with van der Waals surface area (Å²) in [5.74, 6) is -1.16. The zero-order chi connectivity index (χ0) is 20.3. The molecule has 0 spiro atoms. The zero-order valence-corrected chi connectivity index (χ0v) is 16.8. The minimum Gasteiger partial charge on any atom is -0.462 e. The van der Waals surface area contributed by atoms with Crippen molar-refractivity contribution in [3.8, 4) is 0 Å². The number of anilines is 1. The fraction of sp³-hybridized carbons (Fsp3) is 0.200. The maximum absolute atomic E-state index is 14.5. The number of amides is 1. The summed E-state index contributed by atoms with van der Waals surface area (Å²) in [7, 11) is 1.54. The second-order valence-corrected chi connectivity index (χ2v) is 7.33. The molecule has 0 saturated heterocycles. The third-order valence-corrected chi connectivity index (χ3v) is 5.64. The van der Waals surface area contributed by atoms with Crippen molar-refractivity contribution >= 4 is 50.6 Å². The summed E-state index contributed by atoms with van der Waals surface area (Å²) in [6.45, 7) is 2.09. The van der Waals surface area contributed by atoms with Crippen molar-refractivity contribution in [2.45, 2.75) is 13.5 Å². The van der Waals surface area contributed by atoms with Gasteiger partial charge in [0.15, 0.2) is 0 Å². The van der Waals surface area contributed by atoms with E-state index in [1.54, 1.807) is 37.3 Å². The van der Waals surface area contributed by atoms with Crippen LogP contribution in [0, 0.1) is 5.82 Å². The van der Waals surface area contributed by atoms with E-state index in [2.05, 4.69) is 10.6 Å². The summed E-state index contributed by atoms with van der Waals surface area (Å²) in [6, 6.07) is 9.53. The van der Waals surface area contributed by atoms with E-state index in [1.807, 2.05) is 0 Å². The Bertz CT molecular complexity index is 1050. The molecule has 0 bridgehead atoms. The van der Waals surface area contributed by atoms with Crippen LogP contribution >= 0.6 is 22.9 Å². The number of esters is 1. The Labute approximate surface area is 170 Å². The lowest BCUT2D eigenvalue weighted by atomic mass is 10.1. The zero-order valence-electron chi connectivity index (χ0n) is 15.3. The predicted molar refractivity (Wildman–Crippen MR) is 110 cm³/mol. The molecule has 0 aliphatic carbocycles. The molecular formula is C20H18ClFN2O3S. The topological polar surface area (TPSA) is 67.4 Å². The van der Waals surface area contributed by atoms with Crippen LogP contribution in [0.5, 0.6) is 0 Å². The largest absolute Gasteiger partial charge is 0.462 e. The summed E-state index contributed by atoms with van der Waals surface area (Å²) in [5.41, 5.74) is 1.44. The van der Waals surface area contributed by atoms with Gasteiger partial charge in [-0.1, -0.05) is 17.7 Å². The molecule has 1 amide bonds. The van der Waals surface area contributed by atoms with Gasteiger partial charge >= 0.3 is 5.97 Å². The van der Waals surface area contributed by atoms with Gasteiger partial charge in [-0.05, 0) is 37.3 Å². The smallest absolute Gasteiger partial charge is 0.348 e. The van der Waals surface area contributed by atoms with Crippen molar-refractivity contribution < 1.29 is 18.7 Å². The number of ether oxygens (including phenoxy) is 1. The molecule has 0 atom stereocenters. The number of nitrogens with one attached hydrogen (secondary N) is 2. The number of carbonyl (C=O) groups excluding carboxylic acids is 2. The van der Waals surface area contributed by atoms with E-state index in [9.17, 15) is 14.0 Å². The van der Waals surface area contributed by atoms with Crippen molar-refractivity contribution in [3.05, 3.63) is 63.2 Å². The van der Waals surface area contributed by atoms with Crippen molar-refractivity contribution in [1.82, 2.24) is 5.32 Å². The number of benzene rings is 2. The number of hydrogen-bond donors (Lipinski definition) is 2. The van der Waals surface area contributed by atoms with Crippen LogP contribution in [0.25, 0.3) is 10.1 Å². The Morgan fingerprint density at radius 2 is 2.04 bits per heavy atom. The van der Waals surface area contributed by atoms with Gasteiger partial charge in [-0.3, -0.25) is 4.79 Å². The molecule has 0 saturated carbocycles. The highest BCUT2D eigenvalue weighted by atomic mass is 35.5. The van der Waals surface area contributed by atoms with Gasteiger partial charge in [0, 0.05) is 34.8 Å². The molecule has 5 nitrogen and oxygen atoms in total. The lowest BCUT2D eigenvalue weighted by molar-refractivity contribution is 0.0531. The molecular weight excluding hydrogens is 403 g/mol. The summed E-state index contributed by atoms with van der Waals surface area (Å²) in [4.78, 5) is 24.6. The van der Waals surface area contributed by atoms with E-state index in [1.165, 1.54) is 24.5 Å². The van der Waals surface area contributed by atoms with Crippen LogP contribution in [0.4, 0.5) is 10.1 Å². The molecule has 0 aliphatic rings. The molecule has 3 aromatic rings. The fourth-order valence-electron chi connectivity index (χ4n) is 2.83. The van der Waals surface area contributed by atoms with Gasteiger partial charge in [0.2, 0.25) is 0 Å². The third-order valence-electron chi connectivity index (χ3n) is 4.14. The predicted octanol–water partition coefficient (Wildman–Crippen LogP) is 4.84. The van der Waals surface area contributed by atoms with Gasteiger partial charge in [0.05, 0.1) is 17.3 Å². The lowest BCUT2D eigenvalue weighted by Crippen LogP contribution is -2.18. The highest BCUT2D eigenvalue weighted by Crippen LogP contribution is 2.35. The quantitative estimate of drug-likeness (QED) is 0.560. The fourth-order valence-corrected chi connectivity index (χ4v) is 4.14. The number of thiophene rings is 1. The van der Waals surface area contributed by atoms with E-state index in [0.717, 1.165) is 0 Å². The molecule has 8 heteroatoms. The molecule has 2 N–H and O–H groups in total. The average Bonchev–Trinajstić information content (AvgIpc) is 3.07. The van der Waals surface area contributed by atoms with Crippen molar-refractivity contribution in [2.24, 2.45) is 0 Å². The summed E-state index contributed by atoms with van der Waals surface area (Å²) < 4.78 is 20.3. The minimum atomic E-state index is -0.495. The van der Waals surface area contributed by atoms with Crippen LogP contribution < -0.4 is 10.6 Å². The van der Waals surface area contributed by atoms with Gasteiger partial charge in [-0.25, -0.2) is 9.18 Å². The maximum atomic E-state index is 14.5. The van der Waals surface area contributed by atoms with Gasteiger partial charge in [-0.15, -0.1) is 11.3 Å². The maximum Gasteiger partial charge on any atom is 0.348 e. The van der Waals surface area contributed by atoms with Gasteiger partial charge in [0.25, 0.3) is 5.91 Å². The van der Waals surface area contributed by atoms with Crippen LogP contribution in [0.2, 0.25) is 5.02 Å². The van der Waals surface area contributed by atoms with Crippen LogP contribution in [0.3, 0.4) is 0 Å².